The summed E-state index contributed by atoms with van der Waals surface area (Å²) in [4.78, 5) is 2.10. The van der Waals surface area contributed by atoms with Crippen LogP contribution in [-0.2, 0) is 0 Å². The highest BCUT2D eigenvalue weighted by Gasteiger charge is 2.49. The number of phenols is 1. The van der Waals surface area contributed by atoms with Crippen molar-refractivity contribution < 1.29 is 13.9 Å². The van der Waals surface area contributed by atoms with Crippen molar-refractivity contribution in [3.05, 3.63) is 42.2 Å². The van der Waals surface area contributed by atoms with Crippen LogP contribution < -0.4 is 10.2 Å². The van der Waals surface area contributed by atoms with Crippen LogP contribution in [0, 0.1) is 11.6 Å². The van der Waals surface area contributed by atoms with Crippen molar-refractivity contribution in [2.75, 3.05) is 11.9 Å². The fourth-order valence-corrected chi connectivity index (χ4v) is 5.38. The third kappa shape index (κ3) is 3.78. The normalized spacial score (nSPS) is 26.4. The number of halogens is 2. The number of hydrogen-bond donors (Lipinski definition) is 2. The van der Waals surface area contributed by atoms with Gasteiger partial charge < -0.3 is 15.3 Å². The number of aromatic nitrogens is 5. The van der Waals surface area contributed by atoms with Crippen LogP contribution in [0.4, 0.5) is 14.6 Å². The molecule has 2 aliphatic rings. The van der Waals surface area contributed by atoms with Gasteiger partial charge in [-0.2, -0.15) is 0 Å². The Kier molecular flexibility index (Phi) is 5.00. The first-order chi connectivity index (χ1) is 15.7. The number of aromatic hydroxyl groups is 1. The van der Waals surface area contributed by atoms with E-state index < -0.39 is 17.4 Å². The number of benzene rings is 1. The van der Waals surface area contributed by atoms with Crippen LogP contribution in [0.15, 0.2) is 30.6 Å². The Morgan fingerprint density at radius 2 is 1.70 bits per heavy atom. The van der Waals surface area contributed by atoms with Crippen molar-refractivity contribution in [1.82, 2.24) is 30.9 Å². The maximum Gasteiger partial charge on any atom is 0.172 e. The van der Waals surface area contributed by atoms with Gasteiger partial charge in [0.15, 0.2) is 17.5 Å². The van der Waals surface area contributed by atoms with E-state index in [0.717, 1.165) is 31.7 Å². The van der Waals surface area contributed by atoms with Crippen molar-refractivity contribution in [3.8, 4) is 28.1 Å². The minimum atomic E-state index is -1.21. The number of phenolic OH excluding ortho intramolecular Hbond substituents is 1. The molecule has 1 aromatic carbocycles. The monoisotopic (exact) mass is 453 g/mol. The molecule has 33 heavy (non-hydrogen) atoms. The summed E-state index contributed by atoms with van der Waals surface area (Å²) in [5, 5.41) is 33.1. The number of hydrogen-bond acceptors (Lipinski definition) is 8. The van der Waals surface area contributed by atoms with Crippen molar-refractivity contribution in [2.24, 2.45) is 0 Å². The molecule has 0 radical (unpaired) electrons. The molecular weight excluding hydrogens is 428 g/mol. The highest BCUT2D eigenvalue weighted by atomic mass is 19.2. The van der Waals surface area contributed by atoms with Crippen LogP contribution in [0.1, 0.15) is 39.5 Å². The van der Waals surface area contributed by atoms with E-state index in [1.54, 1.807) is 12.1 Å². The van der Waals surface area contributed by atoms with E-state index in [0.29, 0.717) is 5.82 Å². The summed E-state index contributed by atoms with van der Waals surface area (Å²) >= 11 is 0. The number of nitrogens with one attached hydrogen (secondary N) is 1. The van der Waals surface area contributed by atoms with Gasteiger partial charge in [-0.1, -0.05) is 0 Å². The van der Waals surface area contributed by atoms with Crippen molar-refractivity contribution in [3.63, 3.8) is 0 Å². The zero-order chi connectivity index (χ0) is 23.4. The molecule has 3 atom stereocenters. The molecule has 0 aliphatic carbocycles. The Labute approximate surface area is 190 Å². The molecule has 0 unspecified atom stereocenters. The van der Waals surface area contributed by atoms with Gasteiger partial charge in [0, 0.05) is 35.3 Å². The van der Waals surface area contributed by atoms with Crippen molar-refractivity contribution in [2.45, 2.75) is 56.7 Å². The molecule has 10 heteroatoms. The Morgan fingerprint density at radius 3 is 2.30 bits per heavy atom. The van der Waals surface area contributed by atoms with Crippen LogP contribution in [0.25, 0.3) is 22.4 Å². The summed E-state index contributed by atoms with van der Waals surface area (Å²) in [5.74, 6) is -2.16. The fraction of sp³-hybridized carbons (Fsp3) is 0.435. The summed E-state index contributed by atoms with van der Waals surface area (Å²) in [6, 6.07) is 4.68. The van der Waals surface area contributed by atoms with E-state index >= 15 is 0 Å². The van der Waals surface area contributed by atoms with Crippen LogP contribution in [-0.4, -0.2) is 54.9 Å². The van der Waals surface area contributed by atoms with Gasteiger partial charge in [0.05, 0.1) is 23.7 Å². The third-order valence-electron chi connectivity index (χ3n) is 7.01. The Balaban J connectivity index is 1.43. The third-order valence-corrected chi connectivity index (χ3v) is 7.01. The molecule has 4 heterocycles. The Hall–Kier alpha value is -3.27. The molecule has 0 spiro atoms. The Bertz CT molecular complexity index is 1180. The van der Waals surface area contributed by atoms with Crippen LogP contribution in [0.5, 0.6) is 5.75 Å². The highest BCUT2D eigenvalue weighted by Crippen LogP contribution is 2.44. The second-order valence-electron chi connectivity index (χ2n) is 9.68. The lowest BCUT2D eigenvalue weighted by molar-refractivity contribution is 0.207. The number of fused-ring (bicyclic) bond motifs is 2. The number of anilines is 1. The molecule has 172 valence electrons. The molecule has 3 aromatic rings. The van der Waals surface area contributed by atoms with E-state index in [-0.39, 0.29) is 39.5 Å². The van der Waals surface area contributed by atoms with E-state index in [1.807, 2.05) is 7.05 Å². The van der Waals surface area contributed by atoms with E-state index in [4.69, 9.17) is 0 Å². The second kappa shape index (κ2) is 7.65. The van der Waals surface area contributed by atoms with Gasteiger partial charge in [-0.05, 0) is 62.9 Å². The zero-order valence-electron chi connectivity index (χ0n) is 18.7. The summed E-state index contributed by atoms with van der Waals surface area (Å²) in [6.07, 6.45) is 6.74. The lowest BCUT2D eigenvalue weighted by Gasteiger charge is -2.45. The fourth-order valence-electron chi connectivity index (χ4n) is 5.38. The lowest BCUT2D eigenvalue weighted by Crippen LogP contribution is -2.58. The average molecular weight is 453 g/mol. The molecule has 2 aromatic heterocycles. The lowest BCUT2D eigenvalue weighted by atomic mass is 9.84. The smallest absolute Gasteiger partial charge is 0.172 e. The van der Waals surface area contributed by atoms with Gasteiger partial charge >= 0.3 is 0 Å². The molecule has 2 N–H and O–H groups in total. The summed E-state index contributed by atoms with van der Waals surface area (Å²) in [5.41, 5.74) is -0.0518. The van der Waals surface area contributed by atoms with Gasteiger partial charge in [-0.15, -0.1) is 20.4 Å². The van der Waals surface area contributed by atoms with Crippen LogP contribution in [0.3, 0.4) is 0 Å². The highest BCUT2D eigenvalue weighted by molar-refractivity contribution is 5.75. The van der Waals surface area contributed by atoms with Gasteiger partial charge in [-0.25, -0.2) is 8.78 Å². The minimum absolute atomic E-state index is 0.0443. The van der Waals surface area contributed by atoms with Gasteiger partial charge in [0.1, 0.15) is 5.75 Å². The Morgan fingerprint density at radius 1 is 1.03 bits per heavy atom. The van der Waals surface area contributed by atoms with Gasteiger partial charge in [0.25, 0.3) is 0 Å². The van der Waals surface area contributed by atoms with Crippen LogP contribution >= 0.6 is 0 Å². The largest absolute Gasteiger partial charge is 0.507 e. The van der Waals surface area contributed by atoms with Crippen LogP contribution in [0.2, 0.25) is 0 Å². The quantitative estimate of drug-likeness (QED) is 0.619. The van der Waals surface area contributed by atoms with E-state index in [9.17, 15) is 13.9 Å². The molecule has 5 rings (SSSR count). The molecule has 2 aliphatic heterocycles. The predicted molar refractivity (Wildman–Crippen MR) is 118 cm³/mol. The molecule has 2 bridgehead atoms. The zero-order valence-corrected chi connectivity index (χ0v) is 18.7. The summed E-state index contributed by atoms with van der Waals surface area (Å²) in [6.45, 7) is 4.52. The molecule has 8 nitrogen and oxygen atoms in total. The van der Waals surface area contributed by atoms with E-state index in [2.05, 4.69) is 49.7 Å². The summed E-state index contributed by atoms with van der Waals surface area (Å²) in [7, 11) is 1.98. The number of piperidine rings is 1. The van der Waals surface area contributed by atoms with E-state index in [1.165, 1.54) is 12.4 Å². The predicted octanol–water partition coefficient (Wildman–Crippen LogP) is 3.48. The number of rotatable bonds is 4. The number of nitrogens with zero attached hydrogens (tertiary/aromatic N) is 6. The first kappa shape index (κ1) is 21.6. The maximum atomic E-state index is 14.9. The first-order valence-corrected chi connectivity index (χ1v) is 10.9. The SMILES string of the molecule is CN(c1ccc(-c2c(O)cc(-c3cnnnc3)c(F)c2F)nn1)[C@@H]1C[C@]2(C)CC[C@](C)(C1)N2. The molecule has 2 saturated heterocycles. The van der Waals surface area contributed by atoms with Gasteiger partial charge in [0.2, 0.25) is 0 Å². The summed E-state index contributed by atoms with van der Waals surface area (Å²) < 4.78 is 29.7. The standard InChI is InChI=1S/C23H25F2N7O/c1-22-6-7-23(2,30-22)10-14(9-22)32(3)18-5-4-16(28-29-18)19-17(33)8-15(20(24)21(19)25)13-11-26-31-27-12-13/h4-5,8,11-12,14,30,33H,6-7,9-10H2,1-3H3/t14-,22+,23-. The minimum Gasteiger partial charge on any atom is -0.507 e. The first-order valence-electron chi connectivity index (χ1n) is 10.9. The molecular formula is C23H25F2N7O. The van der Waals surface area contributed by atoms with Crippen molar-refractivity contribution in [1.29, 1.82) is 0 Å². The average Bonchev–Trinajstić information content (AvgIpc) is 3.03. The molecule has 2 fully saturated rings. The topological polar surface area (TPSA) is 100.0 Å². The second-order valence-corrected chi connectivity index (χ2v) is 9.68. The van der Waals surface area contributed by atoms with Crippen molar-refractivity contribution >= 4 is 5.82 Å². The molecule has 0 amide bonds. The maximum absolute atomic E-state index is 14.9. The van der Waals surface area contributed by atoms with Gasteiger partial charge in [-0.3, -0.25) is 0 Å². The molecule has 0 saturated carbocycles.